The molecule has 0 unspecified atom stereocenters. The smallest absolute Gasteiger partial charge is 0.415 e. The van der Waals surface area contributed by atoms with E-state index in [4.69, 9.17) is 53.6 Å². The number of aliphatic hydroxyl groups excluding tert-OH is 3. The summed E-state index contributed by atoms with van der Waals surface area (Å²) in [6.45, 7) is 9.72. The number of thiophene rings is 2. The quantitative estimate of drug-likeness (QED) is 0.0143. The second-order valence-corrected chi connectivity index (χ2v) is 28.5. The second-order valence-electron chi connectivity index (χ2n) is 26.1. The number of urea groups is 1. The Morgan fingerprint density at radius 2 is 1.28 bits per heavy atom. The normalized spacial score (nSPS) is 19.5. The highest BCUT2D eigenvalue weighted by molar-refractivity contribution is 7.18. The van der Waals surface area contributed by atoms with Crippen molar-refractivity contribution in [2.45, 2.75) is 154 Å². The van der Waals surface area contributed by atoms with Crippen LogP contribution in [0.3, 0.4) is 0 Å². The summed E-state index contributed by atoms with van der Waals surface area (Å²) in [5.74, 6) is -5.35. The van der Waals surface area contributed by atoms with E-state index in [9.17, 15) is 68.4 Å². The van der Waals surface area contributed by atoms with Gasteiger partial charge in [-0.15, -0.1) is 45.9 Å². The number of carboxylic acids is 1. The van der Waals surface area contributed by atoms with Gasteiger partial charge < -0.3 is 91.2 Å². The van der Waals surface area contributed by atoms with Crippen molar-refractivity contribution < 1.29 is 87.3 Å². The molecule has 11 N–H and O–H groups in total. The van der Waals surface area contributed by atoms with Crippen molar-refractivity contribution in [3.8, 4) is 11.5 Å². The van der Waals surface area contributed by atoms with Crippen LogP contribution >= 0.6 is 45.9 Å². The van der Waals surface area contributed by atoms with Crippen molar-refractivity contribution in [3.05, 3.63) is 75.0 Å². The van der Waals surface area contributed by atoms with Crippen molar-refractivity contribution in [2.24, 2.45) is 29.2 Å². The van der Waals surface area contributed by atoms with E-state index in [0.29, 0.717) is 64.3 Å². The number of benzene rings is 3. The molecule has 5 aromatic rings. The molecule has 10 atom stereocenters. The van der Waals surface area contributed by atoms with Crippen molar-refractivity contribution in [1.29, 1.82) is 0 Å². The Morgan fingerprint density at radius 1 is 0.730 bits per heavy atom. The molecule has 27 nitrogen and oxygen atoms in total. The molecule has 3 aromatic carbocycles. The maximum atomic E-state index is 14.4. The molecule has 1 fully saturated rings. The van der Waals surface area contributed by atoms with E-state index in [1.807, 2.05) is 24.6 Å². The number of rotatable bonds is 33. The zero-order chi connectivity index (χ0) is 73.0. The van der Waals surface area contributed by atoms with Crippen LogP contribution in [0, 0.1) is 31.6 Å². The molecule has 0 aliphatic carbocycles. The number of nitrogens with two attached hydrogens (primary N) is 2. The number of aryl methyl sites for hydroxylation is 2. The third kappa shape index (κ3) is 18.7. The lowest BCUT2D eigenvalue weighted by molar-refractivity contribution is -0.270. The number of anilines is 3. The van der Waals surface area contributed by atoms with Crippen molar-refractivity contribution in [2.75, 3.05) is 80.2 Å². The molecule has 8 rings (SSSR count). The number of Topliss-reactive ketones (excluding diaryl/α,β-unsaturated/α-hetero) is 2. The van der Waals surface area contributed by atoms with Gasteiger partial charge in [0.05, 0.1) is 26.8 Å². The van der Waals surface area contributed by atoms with Crippen LogP contribution in [0.2, 0.25) is 0 Å². The van der Waals surface area contributed by atoms with E-state index >= 15 is 0 Å². The molecule has 3 aliphatic rings. The lowest BCUT2D eigenvalue weighted by Crippen LogP contribution is -2.61. The number of carboxylic acid groups (broad SMARTS) is 1. The van der Waals surface area contributed by atoms with Gasteiger partial charge in [0.2, 0.25) is 29.9 Å². The number of primary amides is 1. The lowest BCUT2D eigenvalue weighted by Gasteiger charge is -2.38. The fraction of sp³-hybridized carbons (Fsp3) is 0.536. The molecule has 0 spiro atoms. The number of nitrogens with one attached hydrogen (secondary N) is 3. The average molecular weight is 1470 g/mol. The first-order chi connectivity index (χ1) is 47.6. The minimum atomic E-state index is -1.93. The summed E-state index contributed by atoms with van der Waals surface area (Å²) in [5.41, 5.74) is 16.2. The van der Waals surface area contributed by atoms with E-state index < -0.39 is 84.6 Å². The van der Waals surface area contributed by atoms with Gasteiger partial charge in [-0.3, -0.25) is 24.0 Å². The molecule has 5 heterocycles. The number of halogens is 2. The summed E-state index contributed by atoms with van der Waals surface area (Å²) in [6, 6.07) is 8.09. The summed E-state index contributed by atoms with van der Waals surface area (Å²) in [4.78, 5) is 138. The molecule has 1 saturated heterocycles. The van der Waals surface area contributed by atoms with Crippen LogP contribution < -0.4 is 46.7 Å². The Bertz CT molecular complexity index is 3830. The van der Waals surface area contributed by atoms with Gasteiger partial charge in [-0.25, -0.2) is 19.2 Å². The largest absolute Gasteiger partial charge is 0.479 e. The number of hydrogen-bond acceptors (Lipinski definition) is 20. The second kappa shape index (κ2) is 35.2. The van der Waals surface area contributed by atoms with E-state index in [2.05, 4.69) is 16.0 Å². The number of hydrogen-bond donors (Lipinski definition) is 9. The van der Waals surface area contributed by atoms with Crippen molar-refractivity contribution in [1.82, 2.24) is 20.4 Å². The summed E-state index contributed by atoms with van der Waals surface area (Å²) in [5, 5.41) is 54.9. The third-order valence-electron chi connectivity index (χ3n) is 18.3. The van der Waals surface area contributed by atoms with E-state index in [1.165, 1.54) is 53.5 Å². The fourth-order valence-corrected chi connectivity index (χ4v) is 15.4. The molecule has 8 amide bonds. The Labute approximate surface area is 597 Å². The number of amides is 8. The number of nitrogens with zero attached hydrogens (tertiary/aromatic N) is 4. The fourth-order valence-electron chi connectivity index (χ4n) is 12.8. The highest BCUT2D eigenvalue weighted by atomic mass is 35.5. The van der Waals surface area contributed by atoms with Crippen LogP contribution in [-0.2, 0) is 49.6 Å². The van der Waals surface area contributed by atoms with Crippen molar-refractivity contribution in [3.63, 3.8) is 0 Å². The standard InChI is InChI=1S/C69H89Cl2N9O18S2/c1-35(2)56(76-64(89)40(24-38(5)81)12-8-9-20-72)47(82)25-41(13-11-21-74-67(73)92)63(88)75-44-18-16-39(17-19-44)32-95-68(93)77(6)22-23-78(7)69(94)97-49-27-46-55(53-37(4)34-100-62(49)53)43(29-71)31-80(46)51(84)15-10-14-50(83)79-30-42(28-70)54-45(79)26-48(61-52(54)36(3)33-99-61)96-66-59(87)57(85)58(86)60(98-66)65(90)91/h16-19,26-27,33-35,40-43,56-60,66,85-87H,8-15,20-25,28-32,72H2,1-7H3,(H,75,88)(H,76,89)(H,90,91)(H3,73,74,92)/t40-,41-,42-,43-,56+,57+,58+,59-,60+,66-/m1/s1. The van der Waals surface area contributed by atoms with Gasteiger partial charge >= 0.3 is 24.2 Å². The zero-order valence-corrected chi connectivity index (χ0v) is 60.1. The molecule has 0 bridgehead atoms. The van der Waals surface area contributed by atoms with Crippen LogP contribution in [-0.4, -0.2) is 191 Å². The van der Waals surface area contributed by atoms with Crippen LogP contribution in [0.1, 0.15) is 125 Å². The highest BCUT2D eigenvalue weighted by Gasteiger charge is 2.49. The number of likely N-dealkylation sites (N-methyl/N-ethyl adjacent to an activating group) is 2. The predicted molar refractivity (Wildman–Crippen MR) is 378 cm³/mol. The number of carbonyl (C=O) groups excluding carboxylic acids is 9. The molecule has 31 heteroatoms. The lowest BCUT2D eigenvalue weighted by atomic mass is 9.88. The number of carbonyl (C=O) groups is 10. The van der Waals surface area contributed by atoms with Gasteiger partial charge in [-0.2, -0.15) is 0 Å². The highest BCUT2D eigenvalue weighted by Crippen LogP contribution is 2.51. The number of alkyl halides is 2. The monoisotopic (exact) mass is 1470 g/mol. The summed E-state index contributed by atoms with van der Waals surface area (Å²) in [6.07, 6.45) is -8.64. The molecule has 544 valence electrons. The van der Waals surface area contributed by atoms with Gasteiger partial charge in [0.1, 0.15) is 36.5 Å². The maximum Gasteiger partial charge on any atom is 0.415 e. The maximum absolute atomic E-state index is 14.4. The molecular formula is C69H89Cl2N9O18S2. The Morgan fingerprint density at radius 3 is 1.82 bits per heavy atom. The number of ether oxygens (including phenoxy) is 4. The van der Waals surface area contributed by atoms with Crippen LogP contribution in [0.25, 0.3) is 20.2 Å². The predicted octanol–water partition coefficient (Wildman–Crippen LogP) is 7.74. The Kier molecular flexibility index (Phi) is 27.5. The Hall–Kier alpha value is -7.74. The van der Waals surface area contributed by atoms with E-state index in [-0.39, 0.29) is 142 Å². The zero-order valence-electron chi connectivity index (χ0n) is 56.9. The van der Waals surface area contributed by atoms with Crippen molar-refractivity contribution >= 4 is 142 Å². The van der Waals surface area contributed by atoms with Gasteiger partial charge in [-0.1, -0.05) is 32.4 Å². The minimum Gasteiger partial charge on any atom is -0.479 e. The number of fused-ring (bicyclic) bond motifs is 6. The molecule has 3 aliphatic heterocycles. The van der Waals surface area contributed by atoms with E-state index in [1.54, 1.807) is 60.0 Å². The average Bonchev–Trinajstić information content (AvgIpc) is 1.58. The molecule has 0 saturated carbocycles. The summed E-state index contributed by atoms with van der Waals surface area (Å²) >= 11 is 15.9. The number of aliphatic carboxylic acids is 1. The molecular weight excluding hydrogens is 1380 g/mol. The first-order valence-electron chi connectivity index (χ1n) is 33.2. The van der Waals surface area contributed by atoms with Gasteiger partial charge in [-0.05, 0) is 116 Å². The molecule has 2 aromatic heterocycles. The van der Waals surface area contributed by atoms with Crippen LogP contribution in [0.4, 0.5) is 31.4 Å². The summed E-state index contributed by atoms with van der Waals surface area (Å²) < 4.78 is 24.5. The first-order valence-corrected chi connectivity index (χ1v) is 36.1. The molecule has 100 heavy (non-hydrogen) atoms. The Balaban J connectivity index is 0.851. The topological polar surface area (TPSA) is 390 Å². The minimum absolute atomic E-state index is 0.0184. The first kappa shape index (κ1) is 78.0. The molecule has 0 radical (unpaired) electrons. The van der Waals surface area contributed by atoms with Gasteiger partial charge in [0.25, 0.3) is 0 Å². The van der Waals surface area contributed by atoms with Gasteiger partial charge in [0.15, 0.2) is 17.6 Å². The summed E-state index contributed by atoms with van der Waals surface area (Å²) in [7, 11) is 3.02. The van der Waals surface area contributed by atoms with Crippen LogP contribution in [0.15, 0.2) is 47.2 Å². The number of aliphatic hydroxyl groups is 3. The SMILES string of the molecule is CC(=O)C[C@@H](CCCCN)C(=O)N[C@H](C(=O)C[C@@H](CCCNC(N)=O)C(=O)Nc1ccc(COC(=O)N(C)CCN(C)C(=O)Oc2cc3c(c4c(C)csc24)[C@H](CCl)CN3C(=O)CCCC(=O)N2C[C@@H](CCl)c3c2cc(O[C@@H]2O[C@H](C(=O)O)[C@@H](O)[C@H](O)[C@H]2O)c2scc(C)c32)cc1)C(C)C. The third-order valence-corrected chi connectivity index (χ3v) is 21.3. The van der Waals surface area contributed by atoms with E-state index in [0.717, 1.165) is 33.0 Å². The number of unbranched alkanes of at least 4 members (excludes halogenated alkanes) is 1. The van der Waals surface area contributed by atoms with Crippen LogP contribution in [0.5, 0.6) is 11.5 Å². The van der Waals surface area contributed by atoms with Gasteiger partial charge in [0, 0.05) is 137 Å². The number of ketones is 2.